The van der Waals surface area contributed by atoms with Gasteiger partial charge in [-0.2, -0.15) is 0 Å². The molecule has 27 heavy (non-hydrogen) atoms. The van der Waals surface area contributed by atoms with E-state index in [0.29, 0.717) is 13.0 Å². The summed E-state index contributed by atoms with van der Waals surface area (Å²) in [6.45, 7) is 3.58. The Labute approximate surface area is 163 Å². The number of aryl methyl sites for hydroxylation is 3. The molecule has 1 atom stereocenters. The third-order valence-corrected chi connectivity index (χ3v) is 6.64. The van der Waals surface area contributed by atoms with Gasteiger partial charge >= 0.3 is 0 Å². The molecular formula is C21H26N4OS. The second kappa shape index (κ2) is 7.82. The zero-order valence-electron chi connectivity index (χ0n) is 15.7. The monoisotopic (exact) mass is 382 g/mol. The van der Waals surface area contributed by atoms with Crippen molar-refractivity contribution >= 4 is 28.1 Å². The SMILES string of the molecule is C[C@H](NCc1cn(CCC(N)=O)c2ccccc12)c1nc2c(s1)CCCC2. The Balaban J connectivity index is 1.49. The lowest BCUT2D eigenvalue weighted by Crippen LogP contribution is -2.18. The third kappa shape index (κ3) is 3.92. The van der Waals surface area contributed by atoms with Crippen LogP contribution in [0.5, 0.6) is 0 Å². The molecule has 1 aliphatic rings. The van der Waals surface area contributed by atoms with E-state index in [1.54, 1.807) is 0 Å². The van der Waals surface area contributed by atoms with E-state index >= 15 is 0 Å². The van der Waals surface area contributed by atoms with Crippen LogP contribution in [0.3, 0.4) is 0 Å². The predicted octanol–water partition coefficient (Wildman–Crippen LogP) is 3.70. The highest BCUT2D eigenvalue weighted by Gasteiger charge is 2.18. The number of hydrogen-bond donors (Lipinski definition) is 2. The van der Waals surface area contributed by atoms with Crippen LogP contribution in [0, 0.1) is 0 Å². The number of amides is 1. The van der Waals surface area contributed by atoms with Crippen molar-refractivity contribution in [3.05, 3.63) is 51.6 Å². The minimum Gasteiger partial charge on any atom is -0.370 e. The highest BCUT2D eigenvalue weighted by molar-refractivity contribution is 7.11. The van der Waals surface area contributed by atoms with Crippen LogP contribution in [0.15, 0.2) is 30.5 Å². The van der Waals surface area contributed by atoms with Gasteiger partial charge in [0.2, 0.25) is 5.91 Å². The van der Waals surface area contributed by atoms with Gasteiger partial charge < -0.3 is 15.6 Å². The Morgan fingerprint density at radius 1 is 1.33 bits per heavy atom. The fourth-order valence-corrected chi connectivity index (χ4v) is 4.97. The molecular weight excluding hydrogens is 356 g/mol. The number of para-hydroxylation sites is 1. The first-order valence-electron chi connectivity index (χ1n) is 9.68. The second-order valence-corrected chi connectivity index (χ2v) is 8.43. The number of aromatic nitrogens is 2. The number of thiazole rings is 1. The van der Waals surface area contributed by atoms with Crippen LogP contribution in [0.4, 0.5) is 0 Å². The minimum absolute atomic E-state index is 0.230. The second-order valence-electron chi connectivity index (χ2n) is 7.31. The Morgan fingerprint density at radius 3 is 2.96 bits per heavy atom. The third-order valence-electron chi connectivity index (χ3n) is 5.30. The van der Waals surface area contributed by atoms with Crippen molar-refractivity contribution in [3.8, 4) is 0 Å². The first-order valence-corrected chi connectivity index (χ1v) is 10.5. The summed E-state index contributed by atoms with van der Waals surface area (Å²) in [6.07, 6.45) is 7.37. The smallest absolute Gasteiger partial charge is 0.219 e. The first kappa shape index (κ1) is 18.2. The maximum Gasteiger partial charge on any atom is 0.219 e. The molecule has 0 unspecified atom stereocenters. The van der Waals surface area contributed by atoms with E-state index in [1.807, 2.05) is 17.4 Å². The summed E-state index contributed by atoms with van der Waals surface area (Å²) in [5.41, 5.74) is 9.03. The van der Waals surface area contributed by atoms with Crippen molar-refractivity contribution in [1.82, 2.24) is 14.9 Å². The Hall–Kier alpha value is -2.18. The summed E-state index contributed by atoms with van der Waals surface area (Å²) in [4.78, 5) is 17.5. The number of fused-ring (bicyclic) bond motifs is 2. The molecule has 0 aliphatic heterocycles. The lowest BCUT2D eigenvalue weighted by molar-refractivity contribution is -0.118. The first-order chi connectivity index (χ1) is 13.1. The van der Waals surface area contributed by atoms with Crippen molar-refractivity contribution in [2.24, 2.45) is 5.73 Å². The number of benzene rings is 1. The molecule has 0 spiro atoms. The van der Waals surface area contributed by atoms with Crippen LogP contribution in [-0.2, 0) is 30.7 Å². The van der Waals surface area contributed by atoms with E-state index in [0.717, 1.165) is 18.5 Å². The number of carbonyl (C=O) groups excluding carboxylic acids is 1. The van der Waals surface area contributed by atoms with Gasteiger partial charge in [-0.05, 0) is 44.2 Å². The van der Waals surface area contributed by atoms with Crippen molar-refractivity contribution in [2.45, 2.75) is 58.2 Å². The number of nitrogens with two attached hydrogens (primary N) is 1. The fourth-order valence-electron chi connectivity index (χ4n) is 3.79. The largest absolute Gasteiger partial charge is 0.370 e. The molecule has 142 valence electrons. The normalized spacial score (nSPS) is 15.0. The van der Waals surface area contributed by atoms with Gasteiger partial charge in [0.15, 0.2) is 0 Å². The summed E-state index contributed by atoms with van der Waals surface area (Å²) in [6, 6.07) is 8.55. The average molecular weight is 383 g/mol. The van der Waals surface area contributed by atoms with Gasteiger partial charge in [0, 0.05) is 41.5 Å². The van der Waals surface area contributed by atoms with Crippen LogP contribution < -0.4 is 11.1 Å². The molecule has 4 rings (SSSR count). The molecule has 0 saturated carbocycles. The predicted molar refractivity (Wildman–Crippen MR) is 110 cm³/mol. The molecule has 0 radical (unpaired) electrons. The number of carbonyl (C=O) groups is 1. The molecule has 0 bridgehead atoms. The zero-order valence-corrected chi connectivity index (χ0v) is 16.5. The quantitative estimate of drug-likeness (QED) is 0.654. The van der Waals surface area contributed by atoms with Gasteiger partial charge in [-0.15, -0.1) is 11.3 Å². The number of rotatable bonds is 7. The number of nitrogens with one attached hydrogen (secondary N) is 1. The standard InChI is InChI=1S/C21H26N4OS/c1-14(21-24-17-7-3-5-9-19(17)27-21)23-12-15-13-25(11-10-20(22)26)18-8-4-2-6-16(15)18/h2,4,6,8,13-14,23H,3,5,7,9-12H2,1H3,(H2,22,26)/t14-/m0/s1. The van der Waals surface area contributed by atoms with E-state index in [1.165, 1.54) is 45.8 Å². The molecule has 2 aromatic heterocycles. The molecule has 3 N–H and O–H groups in total. The molecule has 0 saturated heterocycles. The van der Waals surface area contributed by atoms with Crippen molar-refractivity contribution in [2.75, 3.05) is 0 Å². The van der Waals surface area contributed by atoms with Crippen LogP contribution in [0.2, 0.25) is 0 Å². The average Bonchev–Trinajstić information content (AvgIpc) is 3.26. The van der Waals surface area contributed by atoms with Gasteiger partial charge in [0.05, 0.1) is 11.7 Å². The maximum atomic E-state index is 11.2. The van der Waals surface area contributed by atoms with Crippen molar-refractivity contribution in [1.29, 1.82) is 0 Å². The van der Waals surface area contributed by atoms with Crippen LogP contribution >= 0.6 is 11.3 Å². The summed E-state index contributed by atoms with van der Waals surface area (Å²) in [5, 5.41) is 6.05. The molecule has 2 heterocycles. The topological polar surface area (TPSA) is 72.9 Å². The number of nitrogens with zero attached hydrogens (tertiary/aromatic N) is 2. The van der Waals surface area contributed by atoms with Crippen molar-refractivity contribution in [3.63, 3.8) is 0 Å². The molecule has 3 aromatic rings. The van der Waals surface area contributed by atoms with E-state index in [-0.39, 0.29) is 11.9 Å². The van der Waals surface area contributed by atoms with E-state index < -0.39 is 0 Å². The summed E-state index contributed by atoms with van der Waals surface area (Å²) in [7, 11) is 0. The highest BCUT2D eigenvalue weighted by Crippen LogP contribution is 2.30. The molecule has 1 amide bonds. The Morgan fingerprint density at radius 2 is 2.15 bits per heavy atom. The fraction of sp³-hybridized carbons (Fsp3) is 0.429. The lowest BCUT2D eigenvalue weighted by Gasteiger charge is -2.10. The minimum atomic E-state index is -0.270. The van der Waals surface area contributed by atoms with Crippen molar-refractivity contribution < 1.29 is 4.79 Å². The van der Waals surface area contributed by atoms with Gasteiger partial charge in [0.25, 0.3) is 0 Å². The number of primary amides is 1. The van der Waals surface area contributed by atoms with Gasteiger partial charge in [-0.25, -0.2) is 4.98 Å². The van der Waals surface area contributed by atoms with E-state index in [2.05, 4.69) is 41.2 Å². The lowest BCUT2D eigenvalue weighted by atomic mass is 10.0. The Bertz CT molecular complexity index is 935. The molecule has 0 fully saturated rings. The van der Waals surface area contributed by atoms with Gasteiger partial charge in [0.1, 0.15) is 5.01 Å². The Kier molecular flexibility index (Phi) is 5.27. The molecule has 1 aliphatic carbocycles. The summed E-state index contributed by atoms with van der Waals surface area (Å²) in [5.74, 6) is -0.270. The van der Waals surface area contributed by atoms with Crippen LogP contribution in [0.1, 0.15) is 53.4 Å². The molecule has 6 heteroatoms. The molecule has 5 nitrogen and oxygen atoms in total. The number of hydrogen-bond acceptors (Lipinski definition) is 4. The summed E-state index contributed by atoms with van der Waals surface area (Å²) < 4.78 is 2.13. The van der Waals surface area contributed by atoms with E-state index in [9.17, 15) is 4.79 Å². The van der Waals surface area contributed by atoms with Crippen LogP contribution in [-0.4, -0.2) is 15.5 Å². The summed E-state index contributed by atoms with van der Waals surface area (Å²) >= 11 is 1.87. The van der Waals surface area contributed by atoms with Crippen LogP contribution in [0.25, 0.3) is 10.9 Å². The zero-order chi connectivity index (χ0) is 18.8. The van der Waals surface area contributed by atoms with Gasteiger partial charge in [-0.1, -0.05) is 18.2 Å². The van der Waals surface area contributed by atoms with E-state index in [4.69, 9.17) is 10.7 Å². The van der Waals surface area contributed by atoms with Gasteiger partial charge in [-0.3, -0.25) is 4.79 Å². The molecule has 1 aromatic carbocycles. The highest BCUT2D eigenvalue weighted by atomic mass is 32.1. The maximum absolute atomic E-state index is 11.2.